The monoisotopic (exact) mass is 272 g/mol. The zero-order valence-corrected chi connectivity index (χ0v) is 11.3. The third-order valence-corrected chi connectivity index (χ3v) is 3.26. The zero-order chi connectivity index (χ0) is 13.7. The summed E-state index contributed by atoms with van der Waals surface area (Å²) in [4.78, 5) is 10.5. The number of methoxy groups -OCH3 is 1. The Bertz CT molecular complexity index is 464. The van der Waals surface area contributed by atoms with Gasteiger partial charge in [0.2, 0.25) is 0 Å². The van der Waals surface area contributed by atoms with E-state index in [0.29, 0.717) is 11.4 Å². The maximum absolute atomic E-state index is 11.1. The highest BCUT2D eigenvalue weighted by atomic mass is 32.2. The van der Waals surface area contributed by atoms with Crippen LogP contribution in [-0.2, 0) is 10.8 Å². The van der Waals surface area contributed by atoms with E-state index in [0.717, 1.165) is 0 Å². The topological polar surface area (TPSA) is 81.5 Å². The molecule has 6 nitrogen and oxygen atoms in total. The normalized spacial score (nSPS) is 13.7. The number of nitro benzene ring substituents is 1. The number of hydrogen-bond acceptors (Lipinski definition) is 5. The second-order valence-corrected chi connectivity index (χ2v) is 5.38. The van der Waals surface area contributed by atoms with Gasteiger partial charge in [-0.15, -0.1) is 0 Å². The molecule has 1 aromatic rings. The molecule has 18 heavy (non-hydrogen) atoms. The molecule has 1 rings (SSSR count). The average molecular weight is 272 g/mol. The van der Waals surface area contributed by atoms with Crippen LogP contribution in [0.1, 0.15) is 6.92 Å². The van der Waals surface area contributed by atoms with Crippen LogP contribution in [0.15, 0.2) is 18.2 Å². The Morgan fingerprint density at radius 2 is 2.22 bits per heavy atom. The summed E-state index contributed by atoms with van der Waals surface area (Å²) in [6, 6.07) is 4.69. The number of nitrogens with zero attached hydrogens (tertiary/aromatic N) is 1. The van der Waals surface area contributed by atoms with Crippen LogP contribution >= 0.6 is 0 Å². The van der Waals surface area contributed by atoms with E-state index in [9.17, 15) is 14.3 Å². The molecule has 2 unspecified atom stereocenters. The lowest BCUT2D eigenvalue weighted by Gasteiger charge is -2.14. The number of hydrogen-bond donors (Lipinski definition) is 1. The third-order valence-electron chi connectivity index (χ3n) is 2.29. The quantitative estimate of drug-likeness (QED) is 0.630. The summed E-state index contributed by atoms with van der Waals surface area (Å²) in [6.07, 6.45) is 1.60. The summed E-state index contributed by atoms with van der Waals surface area (Å²) in [6.45, 7) is 1.82. The molecule has 0 bridgehead atoms. The smallest absolute Gasteiger partial charge is 0.333 e. The molecule has 0 aromatic heterocycles. The minimum atomic E-state index is -0.957. The van der Waals surface area contributed by atoms with Crippen molar-refractivity contribution in [3.63, 3.8) is 0 Å². The van der Waals surface area contributed by atoms with Crippen molar-refractivity contribution in [2.24, 2.45) is 0 Å². The number of anilines is 1. The van der Waals surface area contributed by atoms with Gasteiger partial charge in [-0.05, 0) is 19.1 Å². The molecule has 100 valence electrons. The number of benzene rings is 1. The van der Waals surface area contributed by atoms with E-state index in [-0.39, 0.29) is 17.5 Å². The van der Waals surface area contributed by atoms with Crippen molar-refractivity contribution >= 4 is 22.2 Å². The number of nitrogens with one attached hydrogen (secondary N) is 1. The fraction of sp³-hybridized carbons (Fsp3) is 0.455. The molecule has 0 aliphatic heterocycles. The van der Waals surface area contributed by atoms with Crippen molar-refractivity contribution in [1.82, 2.24) is 0 Å². The summed E-state index contributed by atoms with van der Waals surface area (Å²) in [5, 5.41) is 14.0. The minimum Gasteiger partial charge on any atom is -0.490 e. The fourth-order valence-electron chi connectivity index (χ4n) is 1.65. The van der Waals surface area contributed by atoms with Crippen LogP contribution in [-0.4, -0.2) is 34.3 Å². The summed E-state index contributed by atoms with van der Waals surface area (Å²) in [7, 11) is 0.428. The second kappa shape index (κ2) is 6.34. The maximum atomic E-state index is 11.1. The highest BCUT2D eigenvalue weighted by Gasteiger charge is 2.21. The Morgan fingerprint density at radius 1 is 1.56 bits per heavy atom. The molecule has 0 aliphatic carbocycles. The van der Waals surface area contributed by atoms with Crippen molar-refractivity contribution < 1.29 is 13.9 Å². The highest BCUT2D eigenvalue weighted by molar-refractivity contribution is 7.84. The zero-order valence-electron chi connectivity index (χ0n) is 10.5. The van der Waals surface area contributed by atoms with Crippen molar-refractivity contribution in [1.29, 1.82) is 0 Å². The number of ether oxygens (including phenoxy) is 1. The van der Waals surface area contributed by atoms with E-state index >= 15 is 0 Å². The van der Waals surface area contributed by atoms with Crippen LogP contribution in [0.4, 0.5) is 11.4 Å². The maximum Gasteiger partial charge on any atom is 0.333 e. The number of nitro groups is 1. The second-order valence-electron chi connectivity index (χ2n) is 3.90. The Morgan fingerprint density at radius 3 is 2.72 bits per heavy atom. The average Bonchev–Trinajstić information content (AvgIpc) is 2.26. The van der Waals surface area contributed by atoms with Crippen molar-refractivity contribution in [3.8, 4) is 5.75 Å². The van der Waals surface area contributed by atoms with E-state index in [1.165, 1.54) is 13.2 Å². The lowest BCUT2D eigenvalue weighted by atomic mass is 10.2. The number of rotatable bonds is 6. The first kappa shape index (κ1) is 14.4. The molecule has 0 aliphatic rings. The van der Waals surface area contributed by atoms with Gasteiger partial charge < -0.3 is 10.1 Å². The van der Waals surface area contributed by atoms with E-state index in [4.69, 9.17) is 4.74 Å². The van der Waals surface area contributed by atoms with E-state index in [2.05, 4.69) is 5.32 Å². The summed E-state index contributed by atoms with van der Waals surface area (Å²) in [5.41, 5.74) is 0.269. The van der Waals surface area contributed by atoms with Crippen LogP contribution in [0.25, 0.3) is 0 Å². The highest BCUT2D eigenvalue weighted by Crippen LogP contribution is 2.34. The predicted octanol–water partition coefficient (Wildman–Crippen LogP) is 1.78. The molecule has 2 atom stereocenters. The summed E-state index contributed by atoms with van der Waals surface area (Å²) in [5.74, 6) is 0.629. The van der Waals surface area contributed by atoms with Crippen LogP contribution in [0.2, 0.25) is 0 Å². The lowest BCUT2D eigenvalue weighted by molar-refractivity contribution is -0.384. The molecule has 0 heterocycles. The van der Waals surface area contributed by atoms with Crippen LogP contribution in [0.3, 0.4) is 0 Å². The third kappa shape index (κ3) is 3.69. The number of para-hydroxylation sites is 1. The van der Waals surface area contributed by atoms with Gasteiger partial charge in [0.15, 0.2) is 5.75 Å². The Labute approximate surface area is 108 Å². The molecule has 0 fully saturated rings. The van der Waals surface area contributed by atoms with Crippen LogP contribution in [0.5, 0.6) is 5.75 Å². The van der Waals surface area contributed by atoms with Gasteiger partial charge in [-0.25, -0.2) is 0 Å². The SMILES string of the molecule is COc1cccc(NC(C)CS(C)=O)c1[N+](=O)[O-]. The van der Waals surface area contributed by atoms with Gasteiger partial charge in [-0.1, -0.05) is 6.07 Å². The first-order valence-electron chi connectivity index (χ1n) is 5.33. The summed E-state index contributed by atoms with van der Waals surface area (Å²) >= 11 is 0. The van der Waals surface area contributed by atoms with E-state index in [1.54, 1.807) is 18.4 Å². The van der Waals surface area contributed by atoms with Gasteiger partial charge in [0.1, 0.15) is 5.69 Å². The molecular formula is C11H16N2O4S. The largest absolute Gasteiger partial charge is 0.490 e. The predicted molar refractivity (Wildman–Crippen MR) is 71.7 cm³/mol. The molecule has 0 spiro atoms. The van der Waals surface area contributed by atoms with Crippen molar-refractivity contribution in [2.45, 2.75) is 13.0 Å². The van der Waals surface area contributed by atoms with Crippen LogP contribution in [0, 0.1) is 10.1 Å². The van der Waals surface area contributed by atoms with Gasteiger partial charge in [-0.2, -0.15) is 0 Å². The van der Waals surface area contributed by atoms with Gasteiger partial charge >= 0.3 is 5.69 Å². The first-order valence-corrected chi connectivity index (χ1v) is 7.06. The Balaban J connectivity index is 3.01. The van der Waals surface area contributed by atoms with Gasteiger partial charge in [0.05, 0.1) is 12.0 Å². The molecule has 0 saturated heterocycles. The Hall–Kier alpha value is -1.63. The van der Waals surface area contributed by atoms with E-state index < -0.39 is 15.7 Å². The first-order chi connectivity index (χ1) is 8.45. The molecule has 0 saturated carbocycles. The minimum absolute atomic E-state index is 0.103. The van der Waals surface area contributed by atoms with Gasteiger partial charge in [0, 0.05) is 28.9 Å². The van der Waals surface area contributed by atoms with Gasteiger partial charge in [-0.3, -0.25) is 14.3 Å². The molecular weight excluding hydrogens is 256 g/mol. The van der Waals surface area contributed by atoms with Crippen molar-refractivity contribution in [3.05, 3.63) is 28.3 Å². The molecule has 0 radical (unpaired) electrons. The summed E-state index contributed by atoms with van der Waals surface area (Å²) < 4.78 is 16.1. The molecule has 1 N–H and O–H groups in total. The lowest BCUT2D eigenvalue weighted by Crippen LogP contribution is -2.22. The van der Waals surface area contributed by atoms with Crippen LogP contribution < -0.4 is 10.1 Å². The van der Waals surface area contributed by atoms with Crippen molar-refractivity contribution in [2.75, 3.05) is 24.4 Å². The molecule has 0 amide bonds. The van der Waals surface area contributed by atoms with E-state index in [1.807, 2.05) is 6.92 Å². The fourth-order valence-corrected chi connectivity index (χ4v) is 2.44. The van der Waals surface area contributed by atoms with Gasteiger partial charge in [0.25, 0.3) is 0 Å². The molecule has 7 heteroatoms. The standard InChI is InChI=1S/C11H16N2O4S/c1-8(7-18(3)16)12-9-5-4-6-10(17-2)11(9)13(14)15/h4-6,8,12H,7H2,1-3H3. The molecule has 1 aromatic carbocycles. The Kier molecular flexibility index (Phi) is 5.08.